The number of hydrogen-bond acceptors (Lipinski definition) is 4. The van der Waals surface area contributed by atoms with Crippen LogP contribution in [0, 0.1) is 5.92 Å². The standard InChI is InChI=1S/C20H22BrN3O2/c21-18-5-1-16(2-6-18)14-24-11-9-17(10-12-24)20(26)23-22-13-15-3-7-19(25)8-4-15/h1-8,13,17,25H,9-12,14H2,(H,23,26)/b22-13-. The molecule has 1 heterocycles. The summed E-state index contributed by atoms with van der Waals surface area (Å²) in [4.78, 5) is 14.6. The zero-order valence-electron chi connectivity index (χ0n) is 14.4. The van der Waals surface area contributed by atoms with E-state index in [4.69, 9.17) is 0 Å². The second kappa shape index (κ2) is 8.96. The van der Waals surface area contributed by atoms with Crippen molar-refractivity contribution in [2.24, 2.45) is 11.0 Å². The van der Waals surface area contributed by atoms with E-state index in [0.717, 1.165) is 42.5 Å². The minimum Gasteiger partial charge on any atom is -0.508 e. The molecule has 2 N–H and O–H groups in total. The first-order chi connectivity index (χ1) is 12.6. The number of hydrazone groups is 1. The van der Waals surface area contributed by atoms with Gasteiger partial charge in [-0.25, -0.2) is 5.43 Å². The molecule has 0 aliphatic carbocycles. The van der Waals surface area contributed by atoms with Gasteiger partial charge in [-0.2, -0.15) is 5.10 Å². The Morgan fingerprint density at radius 2 is 1.81 bits per heavy atom. The van der Waals surface area contributed by atoms with Crippen LogP contribution in [-0.4, -0.2) is 35.2 Å². The predicted octanol–water partition coefficient (Wildman–Crippen LogP) is 3.52. The van der Waals surface area contributed by atoms with E-state index in [0.29, 0.717) is 0 Å². The predicted molar refractivity (Wildman–Crippen MR) is 106 cm³/mol. The van der Waals surface area contributed by atoms with Gasteiger partial charge in [-0.15, -0.1) is 0 Å². The Morgan fingerprint density at radius 3 is 2.46 bits per heavy atom. The van der Waals surface area contributed by atoms with Crippen molar-refractivity contribution in [2.45, 2.75) is 19.4 Å². The molecule has 6 heteroatoms. The minimum atomic E-state index is -0.0247. The van der Waals surface area contributed by atoms with Crippen molar-refractivity contribution in [2.75, 3.05) is 13.1 Å². The van der Waals surface area contributed by atoms with Crippen molar-refractivity contribution >= 4 is 28.1 Å². The third kappa shape index (κ3) is 5.41. The lowest BCUT2D eigenvalue weighted by molar-refractivity contribution is -0.126. The summed E-state index contributed by atoms with van der Waals surface area (Å²) >= 11 is 3.45. The van der Waals surface area contributed by atoms with Crippen LogP contribution in [0.1, 0.15) is 24.0 Å². The van der Waals surface area contributed by atoms with Crippen molar-refractivity contribution in [3.8, 4) is 5.75 Å². The highest BCUT2D eigenvalue weighted by atomic mass is 79.9. The minimum absolute atomic E-state index is 0.00753. The van der Waals surface area contributed by atoms with Crippen molar-refractivity contribution in [3.63, 3.8) is 0 Å². The molecule has 5 nitrogen and oxygen atoms in total. The third-order valence-electron chi connectivity index (χ3n) is 4.56. The highest BCUT2D eigenvalue weighted by Gasteiger charge is 2.24. The summed E-state index contributed by atoms with van der Waals surface area (Å²) in [6.45, 7) is 2.74. The fourth-order valence-electron chi connectivity index (χ4n) is 3.02. The number of piperidine rings is 1. The Morgan fingerprint density at radius 1 is 1.15 bits per heavy atom. The average Bonchev–Trinajstić information content (AvgIpc) is 2.66. The van der Waals surface area contributed by atoms with Crippen LogP contribution >= 0.6 is 15.9 Å². The Hall–Kier alpha value is -2.18. The number of rotatable bonds is 5. The normalized spacial score (nSPS) is 16.0. The second-order valence-corrected chi connectivity index (χ2v) is 7.42. The number of likely N-dealkylation sites (tertiary alicyclic amines) is 1. The molecule has 0 unspecified atom stereocenters. The second-order valence-electron chi connectivity index (χ2n) is 6.50. The highest BCUT2D eigenvalue weighted by Crippen LogP contribution is 2.20. The Bertz CT molecular complexity index is 752. The maximum absolute atomic E-state index is 12.3. The summed E-state index contributed by atoms with van der Waals surface area (Å²) in [7, 11) is 0. The van der Waals surface area contributed by atoms with Gasteiger partial charge < -0.3 is 5.11 Å². The molecule has 1 aliphatic rings. The van der Waals surface area contributed by atoms with Gasteiger partial charge in [0.1, 0.15) is 5.75 Å². The number of hydrogen-bond donors (Lipinski definition) is 2. The number of phenols is 1. The fourth-order valence-corrected chi connectivity index (χ4v) is 3.29. The van der Waals surface area contributed by atoms with Gasteiger partial charge in [0.2, 0.25) is 5.91 Å². The molecule has 0 aromatic heterocycles. The molecule has 0 saturated carbocycles. The lowest BCUT2D eigenvalue weighted by Gasteiger charge is -2.30. The van der Waals surface area contributed by atoms with E-state index in [-0.39, 0.29) is 17.6 Å². The highest BCUT2D eigenvalue weighted by molar-refractivity contribution is 9.10. The Labute approximate surface area is 161 Å². The van der Waals surface area contributed by atoms with Crippen LogP contribution in [0.4, 0.5) is 0 Å². The molecule has 2 aromatic carbocycles. The first kappa shape index (κ1) is 18.6. The summed E-state index contributed by atoms with van der Waals surface area (Å²) in [5, 5.41) is 13.3. The third-order valence-corrected chi connectivity index (χ3v) is 5.09. The largest absolute Gasteiger partial charge is 0.508 e. The molecular formula is C20H22BrN3O2. The number of amides is 1. The van der Waals surface area contributed by atoms with E-state index in [1.807, 2.05) is 0 Å². The number of nitrogens with zero attached hydrogens (tertiary/aromatic N) is 2. The number of aromatic hydroxyl groups is 1. The van der Waals surface area contributed by atoms with E-state index < -0.39 is 0 Å². The molecule has 1 fully saturated rings. The van der Waals surface area contributed by atoms with Crippen LogP contribution in [0.25, 0.3) is 0 Å². The first-order valence-corrected chi connectivity index (χ1v) is 9.48. The van der Waals surface area contributed by atoms with Crippen LogP contribution in [-0.2, 0) is 11.3 Å². The zero-order valence-corrected chi connectivity index (χ0v) is 16.0. The van der Waals surface area contributed by atoms with Crippen molar-refractivity contribution in [1.82, 2.24) is 10.3 Å². The summed E-state index contributed by atoms with van der Waals surface area (Å²) in [6.07, 6.45) is 3.27. The monoisotopic (exact) mass is 415 g/mol. The molecule has 1 amide bonds. The van der Waals surface area contributed by atoms with E-state index >= 15 is 0 Å². The molecule has 0 bridgehead atoms. The fraction of sp³-hybridized carbons (Fsp3) is 0.300. The van der Waals surface area contributed by atoms with E-state index in [2.05, 4.69) is 55.6 Å². The van der Waals surface area contributed by atoms with Gasteiger partial charge in [0.05, 0.1) is 6.21 Å². The van der Waals surface area contributed by atoms with Crippen molar-refractivity contribution in [3.05, 3.63) is 64.1 Å². The van der Waals surface area contributed by atoms with Gasteiger partial charge in [-0.3, -0.25) is 9.69 Å². The smallest absolute Gasteiger partial charge is 0.243 e. The van der Waals surface area contributed by atoms with Gasteiger partial charge in [-0.1, -0.05) is 28.1 Å². The zero-order chi connectivity index (χ0) is 18.4. The summed E-state index contributed by atoms with van der Waals surface area (Å²) in [6, 6.07) is 15.0. The lowest BCUT2D eigenvalue weighted by Crippen LogP contribution is -2.39. The molecule has 2 aromatic rings. The molecule has 0 spiro atoms. The van der Waals surface area contributed by atoms with E-state index in [1.165, 1.54) is 5.56 Å². The summed E-state index contributed by atoms with van der Waals surface area (Å²) in [5.74, 6) is 0.192. The molecule has 0 radical (unpaired) electrons. The van der Waals surface area contributed by atoms with Crippen LogP contribution in [0.2, 0.25) is 0 Å². The number of phenolic OH excluding ortho intramolecular Hbond substituents is 1. The number of nitrogens with one attached hydrogen (secondary N) is 1. The number of halogens is 1. The Kier molecular flexibility index (Phi) is 6.41. The van der Waals surface area contributed by atoms with Gasteiger partial charge in [0.25, 0.3) is 0 Å². The number of carbonyl (C=O) groups is 1. The topological polar surface area (TPSA) is 64.9 Å². The van der Waals surface area contributed by atoms with E-state index in [9.17, 15) is 9.90 Å². The van der Waals surface area contributed by atoms with Crippen molar-refractivity contribution < 1.29 is 9.90 Å². The quantitative estimate of drug-likeness (QED) is 0.579. The van der Waals surface area contributed by atoms with Gasteiger partial charge in [0, 0.05) is 16.9 Å². The Balaban J connectivity index is 1.43. The maximum atomic E-state index is 12.3. The lowest BCUT2D eigenvalue weighted by atomic mass is 9.96. The SMILES string of the molecule is O=C(N/N=C\c1ccc(O)cc1)C1CCN(Cc2ccc(Br)cc2)CC1. The van der Waals surface area contributed by atoms with Crippen LogP contribution < -0.4 is 5.43 Å². The average molecular weight is 416 g/mol. The molecule has 1 aliphatic heterocycles. The van der Waals surface area contributed by atoms with Gasteiger partial charge in [-0.05, 0) is 73.5 Å². The van der Waals surface area contributed by atoms with E-state index in [1.54, 1.807) is 30.5 Å². The molecule has 26 heavy (non-hydrogen) atoms. The molecule has 3 rings (SSSR count). The van der Waals surface area contributed by atoms with Gasteiger partial charge >= 0.3 is 0 Å². The molecule has 136 valence electrons. The maximum Gasteiger partial charge on any atom is 0.243 e. The molecule has 0 atom stereocenters. The van der Waals surface area contributed by atoms with Crippen LogP contribution in [0.3, 0.4) is 0 Å². The summed E-state index contributed by atoms with van der Waals surface area (Å²) in [5.41, 5.74) is 4.74. The van der Waals surface area contributed by atoms with Crippen LogP contribution in [0.5, 0.6) is 5.75 Å². The molecular weight excluding hydrogens is 394 g/mol. The summed E-state index contributed by atoms with van der Waals surface area (Å²) < 4.78 is 1.09. The number of carbonyl (C=O) groups excluding carboxylic acids is 1. The number of benzene rings is 2. The van der Waals surface area contributed by atoms with Crippen LogP contribution in [0.15, 0.2) is 58.1 Å². The van der Waals surface area contributed by atoms with Gasteiger partial charge in [0.15, 0.2) is 0 Å². The molecule has 1 saturated heterocycles. The van der Waals surface area contributed by atoms with Crippen molar-refractivity contribution in [1.29, 1.82) is 0 Å². The first-order valence-electron chi connectivity index (χ1n) is 8.69.